The Hall–Kier alpha value is -1.81. The van der Waals surface area contributed by atoms with Gasteiger partial charge in [0.15, 0.2) is 0 Å². The molecule has 0 N–H and O–H groups in total. The lowest BCUT2D eigenvalue weighted by Crippen LogP contribution is -2.27. The molecule has 2 aromatic rings. The van der Waals surface area contributed by atoms with Gasteiger partial charge in [0.2, 0.25) is 0 Å². The Morgan fingerprint density at radius 1 is 0.810 bits per heavy atom. The van der Waals surface area contributed by atoms with E-state index in [4.69, 9.17) is 0 Å². The Labute approximate surface area is 127 Å². The van der Waals surface area contributed by atoms with E-state index in [2.05, 4.69) is 0 Å². The van der Waals surface area contributed by atoms with Gasteiger partial charge in [0, 0.05) is 7.05 Å². The molecule has 0 aromatic heterocycles. The van der Waals surface area contributed by atoms with E-state index in [9.17, 15) is 8.42 Å². The van der Waals surface area contributed by atoms with Crippen LogP contribution in [0.25, 0.3) is 0 Å². The summed E-state index contributed by atoms with van der Waals surface area (Å²) in [5.41, 5.74) is 4.61. The summed E-state index contributed by atoms with van der Waals surface area (Å²) in [5.74, 6) is 0. The third-order valence-corrected chi connectivity index (χ3v) is 5.76. The summed E-state index contributed by atoms with van der Waals surface area (Å²) in [6.07, 6.45) is 0. The standard InChI is InChI=1S/C17H21NO2S/c1-12-6-7-14(3)17(10-12)21(19,20)18(5)16-9-8-13(2)15(4)11-16/h6-11H,1-5H3. The van der Waals surface area contributed by atoms with Crippen molar-refractivity contribution in [2.75, 3.05) is 11.4 Å². The van der Waals surface area contributed by atoms with Crippen molar-refractivity contribution < 1.29 is 8.42 Å². The maximum absolute atomic E-state index is 12.8. The Balaban J connectivity index is 2.52. The molecule has 2 rings (SSSR count). The Bertz CT molecular complexity index is 779. The van der Waals surface area contributed by atoms with Crippen LogP contribution in [0.1, 0.15) is 22.3 Å². The average Bonchev–Trinajstić information content (AvgIpc) is 2.43. The van der Waals surface area contributed by atoms with Gasteiger partial charge in [-0.05, 0) is 68.1 Å². The Morgan fingerprint density at radius 3 is 2.05 bits per heavy atom. The zero-order valence-corrected chi connectivity index (χ0v) is 14.0. The van der Waals surface area contributed by atoms with E-state index in [0.717, 1.165) is 22.3 Å². The summed E-state index contributed by atoms with van der Waals surface area (Å²) < 4.78 is 27.0. The first kappa shape index (κ1) is 15.6. The van der Waals surface area contributed by atoms with Crippen LogP contribution in [0.2, 0.25) is 0 Å². The van der Waals surface area contributed by atoms with E-state index in [-0.39, 0.29) is 0 Å². The number of sulfonamides is 1. The van der Waals surface area contributed by atoms with Crippen LogP contribution in [0.5, 0.6) is 0 Å². The summed E-state index contributed by atoms with van der Waals surface area (Å²) >= 11 is 0. The molecule has 2 aromatic carbocycles. The number of nitrogens with zero attached hydrogens (tertiary/aromatic N) is 1. The lowest BCUT2D eigenvalue weighted by molar-refractivity contribution is 0.593. The molecule has 0 saturated carbocycles. The molecule has 3 nitrogen and oxygen atoms in total. The van der Waals surface area contributed by atoms with Gasteiger partial charge in [0.05, 0.1) is 10.6 Å². The largest absolute Gasteiger partial charge is 0.269 e. The summed E-state index contributed by atoms with van der Waals surface area (Å²) in [5, 5.41) is 0. The third kappa shape index (κ3) is 2.95. The van der Waals surface area contributed by atoms with Crippen molar-refractivity contribution in [2.24, 2.45) is 0 Å². The Morgan fingerprint density at radius 2 is 1.43 bits per heavy atom. The lowest BCUT2D eigenvalue weighted by atomic mass is 10.1. The third-order valence-electron chi connectivity index (χ3n) is 3.84. The van der Waals surface area contributed by atoms with Crippen LogP contribution in [-0.2, 0) is 10.0 Å². The van der Waals surface area contributed by atoms with Crippen LogP contribution in [-0.4, -0.2) is 15.5 Å². The van der Waals surface area contributed by atoms with Gasteiger partial charge in [-0.25, -0.2) is 8.42 Å². The predicted molar refractivity (Wildman–Crippen MR) is 87.4 cm³/mol. The normalized spacial score (nSPS) is 11.5. The summed E-state index contributed by atoms with van der Waals surface area (Å²) in [6, 6.07) is 11.2. The van der Waals surface area contributed by atoms with Gasteiger partial charge in [0.1, 0.15) is 0 Å². The lowest BCUT2D eigenvalue weighted by Gasteiger charge is -2.21. The fraction of sp³-hybridized carbons (Fsp3) is 0.294. The highest BCUT2D eigenvalue weighted by atomic mass is 32.2. The molecule has 0 unspecified atom stereocenters. The van der Waals surface area contributed by atoms with Crippen LogP contribution in [0.3, 0.4) is 0 Å². The van der Waals surface area contributed by atoms with E-state index in [0.29, 0.717) is 10.6 Å². The van der Waals surface area contributed by atoms with Crippen molar-refractivity contribution in [1.82, 2.24) is 0 Å². The molecule has 0 aliphatic heterocycles. The number of hydrogen-bond donors (Lipinski definition) is 0. The predicted octanol–water partition coefficient (Wildman–Crippen LogP) is 3.75. The minimum absolute atomic E-state index is 0.364. The van der Waals surface area contributed by atoms with E-state index in [1.54, 1.807) is 13.1 Å². The molecular formula is C17H21NO2S. The molecule has 0 bridgehead atoms. The maximum atomic E-state index is 12.8. The molecule has 0 aliphatic rings. The van der Waals surface area contributed by atoms with Crippen molar-refractivity contribution in [3.05, 3.63) is 58.7 Å². The smallest absolute Gasteiger partial charge is 0.264 e. The molecule has 0 heterocycles. The Kier molecular flexibility index (Phi) is 4.10. The number of hydrogen-bond acceptors (Lipinski definition) is 2. The van der Waals surface area contributed by atoms with Crippen molar-refractivity contribution >= 4 is 15.7 Å². The molecule has 112 valence electrons. The minimum Gasteiger partial charge on any atom is -0.269 e. The van der Waals surface area contributed by atoms with Crippen LogP contribution in [0.15, 0.2) is 41.3 Å². The topological polar surface area (TPSA) is 37.4 Å². The van der Waals surface area contributed by atoms with Crippen molar-refractivity contribution in [3.8, 4) is 0 Å². The molecule has 0 aliphatic carbocycles. The van der Waals surface area contributed by atoms with E-state index >= 15 is 0 Å². The highest BCUT2D eigenvalue weighted by Gasteiger charge is 2.23. The number of benzene rings is 2. The number of rotatable bonds is 3. The maximum Gasteiger partial charge on any atom is 0.264 e. The number of aryl methyl sites for hydroxylation is 4. The molecule has 0 fully saturated rings. The van der Waals surface area contributed by atoms with Gasteiger partial charge >= 0.3 is 0 Å². The first-order valence-corrected chi connectivity index (χ1v) is 8.31. The van der Waals surface area contributed by atoms with Crippen LogP contribution >= 0.6 is 0 Å². The molecule has 21 heavy (non-hydrogen) atoms. The molecule has 0 radical (unpaired) electrons. The first-order valence-electron chi connectivity index (χ1n) is 6.87. The summed E-state index contributed by atoms with van der Waals surface area (Å²) in [7, 11) is -1.94. The monoisotopic (exact) mass is 303 g/mol. The fourth-order valence-electron chi connectivity index (χ4n) is 2.19. The molecule has 0 saturated heterocycles. The van der Waals surface area contributed by atoms with E-state index in [1.165, 1.54) is 4.31 Å². The number of anilines is 1. The zero-order chi connectivity index (χ0) is 15.8. The van der Waals surface area contributed by atoms with Crippen LogP contribution < -0.4 is 4.31 Å². The van der Waals surface area contributed by atoms with Gasteiger partial charge in [-0.15, -0.1) is 0 Å². The fourth-order valence-corrected chi connectivity index (χ4v) is 3.69. The van der Waals surface area contributed by atoms with E-state index in [1.807, 2.05) is 58.0 Å². The van der Waals surface area contributed by atoms with Crippen molar-refractivity contribution in [3.63, 3.8) is 0 Å². The summed E-state index contributed by atoms with van der Waals surface area (Å²) in [6.45, 7) is 7.71. The molecule has 0 amide bonds. The minimum atomic E-state index is -3.54. The second-order valence-electron chi connectivity index (χ2n) is 5.51. The quantitative estimate of drug-likeness (QED) is 0.866. The van der Waals surface area contributed by atoms with Gasteiger partial charge < -0.3 is 0 Å². The summed E-state index contributed by atoms with van der Waals surface area (Å²) in [4.78, 5) is 0.364. The van der Waals surface area contributed by atoms with Crippen molar-refractivity contribution in [1.29, 1.82) is 0 Å². The van der Waals surface area contributed by atoms with Gasteiger partial charge in [-0.1, -0.05) is 18.2 Å². The molecule has 0 atom stereocenters. The van der Waals surface area contributed by atoms with Gasteiger partial charge in [-0.3, -0.25) is 4.31 Å². The van der Waals surface area contributed by atoms with Crippen LogP contribution in [0.4, 0.5) is 5.69 Å². The second kappa shape index (κ2) is 5.53. The molecule has 4 heteroatoms. The van der Waals surface area contributed by atoms with Gasteiger partial charge in [0.25, 0.3) is 10.0 Å². The highest BCUT2D eigenvalue weighted by molar-refractivity contribution is 7.92. The van der Waals surface area contributed by atoms with Crippen LogP contribution in [0, 0.1) is 27.7 Å². The average molecular weight is 303 g/mol. The molecular weight excluding hydrogens is 282 g/mol. The second-order valence-corrected chi connectivity index (χ2v) is 7.45. The first-order chi connectivity index (χ1) is 9.73. The van der Waals surface area contributed by atoms with Crippen molar-refractivity contribution in [2.45, 2.75) is 32.6 Å². The highest BCUT2D eigenvalue weighted by Crippen LogP contribution is 2.26. The zero-order valence-electron chi connectivity index (χ0n) is 13.1. The van der Waals surface area contributed by atoms with Gasteiger partial charge in [-0.2, -0.15) is 0 Å². The SMILES string of the molecule is Cc1ccc(C)c(S(=O)(=O)N(C)c2ccc(C)c(C)c2)c1. The molecule has 0 spiro atoms. The van der Waals surface area contributed by atoms with E-state index < -0.39 is 10.0 Å².